The third-order valence-electron chi connectivity index (χ3n) is 7.73. The van der Waals surface area contributed by atoms with E-state index in [-0.39, 0.29) is 0 Å². The molecule has 0 aliphatic heterocycles. The summed E-state index contributed by atoms with van der Waals surface area (Å²) in [5.41, 5.74) is 5.60. The van der Waals surface area contributed by atoms with Gasteiger partial charge < -0.3 is 0 Å². The van der Waals surface area contributed by atoms with Gasteiger partial charge in [0.2, 0.25) is 0 Å². The molecule has 0 amide bonds. The van der Waals surface area contributed by atoms with Gasteiger partial charge in [-0.25, -0.2) is 0 Å². The Morgan fingerprint density at radius 1 is 0.633 bits per heavy atom. The summed E-state index contributed by atoms with van der Waals surface area (Å²) in [5.74, 6) is 8.02. The minimum atomic E-state index is 0.835. The van der Waals surface area contributed by atoms with E-state index in [1.165, 1.54) is 59.4 Å². The second-order valence-corrected chi connectivity index (χ2v) is 12.4. The normalized spacial score (nSPS) is 31.9. The zero-order valence-corrected chi connectivity index (χ0v) is 20.9. The van der Waals surface area contributed by atoms with Gasteiger partial charge in [0.05, 0.1) is 0 Å². The molecule has 2 aromatic rings. The highest BCUT2D eigenvalue weighted by Gasteiger charge is 2.57. The van der Waals surface area contributed by atoms with Crippen LogP contribution in [0, 0.1) is 23.7 Å². The van der Waals surface area contributed by atoms with Gasteiger partial charge in [0, 0.05) is 33.5 Å². The largest absolute Gasteiger partial charge is 0.175 e. The van der Waals surface area contributed by atoms with Crippen LogP contribution in [0.2, 0.25) is 0 Å². The summed E-state index contributed by atoms with van der Waals surface area (Å²) in [4.78, 5) is 0. The third kappa shape index (κ3) is 4.49. The predicted molar refractivity (Wildman–Crippen MR) is 141 cm³/mol. The van der Waals surface area contributed by atoms with Crippen molar-refractivity contribution in [3.05, 3.63) is 70.8 Å². The van der Waals surface area contributed by atoms with Crippen molar-refractivity contribution >= 4 is 48.8 Å². The fourth-order valence-electron chi connectivity index (χ4n) is 6.26. The van der Waals surface area contributed by atoms with Gasteiger partial charge in [0.15, 0.2) is 0 Å². The molecule has 160 valence electrons. The molecule has 2 aromatic carbocycles. The molecule has 30 heavy (non-hydrogen) atoms. The highest BCUT2D eigenvalue weighted by Crippen LogP contribution is 2.63. The van der Waals surface area contributed by atoms with E-state index in [1.54, 1.807) is 0 Å². The Bertz CT molecular complexity index is 831. The van der Waals surface area contributed by atoms with Gasteiger partial charge in [-0.15, -0.1) is 0 Å². The first-order valence-corrected chi connectivity index (χ1v) is 14.7. The molecule has 0 N–H and O–H groups in total. The molecule has 0 nitrogen and oxygen atoms in total. The van der Waals surface area contributed by atoms with E-state index in [0.717, 1.165) is 45.7 Å². The van der Waals surface area contributed by atoms with E-state index < -0.39 is 0 Å². The van der Waals surface area contributed by atoms with Gasteiger partial charge >= 0.3 is 0 Å². The van der Waals surface area contributed by atoms with Crippen molar-refractivity contribution in [3.8, 4) is 0 Å². The lowest BCUT2D eigenvalue weighted by molar-refractivity contribution is 0.270. The summed E-state index contributed by atoms with van der Waals surface area (Å²) >= 11 is 13.3. The summed E-state index contributed by atoms with van der Waals surface area (Å²) in [6.07, 6.45) is 5.93. The van der Waals surface area contributed by atoms with Crippen molar-refractivity contribution in [2.24, 2.45) is 23.7 Å². The molecule has 0 saturated heterocycles. The average Bonchev–Trinajstić information content (AvgIpc) is 3.49. The monoisotopic (exact) mass is 472 g/mol. The molecule has 6 unspecified atom stereocenters. The maximum absolute atomic E-state index is 4.38. The number of thioether (sulfide) groups is 2. The van der Waals surface area contributed by atoms with Crippen LogP contribution in [0.3, 0.4) is 0 Å². The highest BCUT2D eigenvalue weighted by atomic mass is 32.2. The lowest BCUT2D eigenvalue weighted by atomic mass is 9.81. The first kappa shape index (κ1) is 21.7. The summed E-state index contributed by atoms with van der Waals surface area (Å²) in [7, 11) is 0. The number of hydrogen-bond acceptors (Lipinski definition) is 4. The van der Waals surface area contributed by atoms with Crippen molar-refractivity contribution < 1.29 is 0 Å². The molecular weight excluding hydrogens is 441 g/mol. The molecule has 2 bridgehead atoms. The molecule has 0 spiro atoms. The smallest absolute Gasteiger partial charge is 0.0187 e. The lowest BCUT2D eigenvalue weighted by Gasteiger charge is -2.34. The van der Waals surface area contributed by atoms with E-state index in [2.05, 4.69) is 97.3 Å². The van der Waals surface area contributed by atoms with Crippen molar-refractivity contribution in [2.75, 3.05) is 0 Å². The standard InChI is InChI=1S/C26H32S4/c27-13-17-1-5-19(6-2-17)15-29-24-10-9-22-21-11-23(26(22)24)25(12-21)30-16-20-7-3-18(14-28)4-8-20/h1-8,21-28H,9-16H2. The van der Waals surface area contributed by atoms with E-state index in [0.29, 0.717) is 0 Å². The van der Waals surface area contributed by atoms with Crippen molar-refractivity contribution in [1.29, 1.82) is 0 Å². The molecular formula is C26H32S4. The Kier molecular flexibility index (Phi) is 7.06. The Hall–Kier alpha value is -0.160. The lowest BCUT2D eigenvalue weighted by Crippen LogP contribution is -2.31. The Morgan fingerprint density at radius 3 is 1.73 bits per heavy atom. The van der Waals surface area contributed by atoms with Gasteiger partial charge in [-0.2, -0.15) is 48.8 Å². The van der Waals surface area contributed by atoms with Crippen molar-refractivity contribution in [3.63, 3.8) is 0 Å². The van der Waals surface area contributed by atoms with Crippen LogP contribution in [0.15, 0.2) is 48.5 Å². The maximum atomic E-state index is 4.38. The minimum absolute atomic E-state index is 0.835. The zero-order valence-electron chi connectivity index (χ0n) is 17.5. The molecule has 0 radical (unpaired) electrons. The topological polar surface area (TPSA) is 0 Å². The highest BCUT2D eigenvalue weighted by molar-refractivity contribution is 7.99. The zero-order chi connectivity index (χ0) is 20.5. The second kappa shape index (κ2) is 9.77. The SMILES string of the molecule is SCc1ccc(CSC2CC3CC2C2C(SCc4ccc(CS)cc4)CCC32)cc1. The first-order valence-electron chi connectivity index (χ1n) is 11.4. The van der Waals surface area contributed by atoms with E-state index in [4.69, 9.17) is 0 Å². The number of benzene rings is 2. The molecule has 3 saturated carbocycles. The van der Waals surface area contributed by atoms with Gasteiger partial charge in [-0.05, 0) is 71.6 Å². The summed E-state index contributed by atoms with van der Waals surface area (Å²) < 4.78 is 0. The summed E-state index contributed by atoms with van der Waals surface area (Å²) in [5, 5.41) is 1.77. The van der Waals surface area contributed by atoms with Crippen LogP contribution in [0.4, 0.5) is 0 Å². The van der Waals surface area contributed by atoms with Gasteiger partial charge in [-0.1, -0.05) is 48.5 Å². The molecule has 4 heteroatoms. The summed E-state index contributed by atoms with van der Waals surface area (Å²) in [6.45, 7) is 0. The van der Waals surface area contributed by atoms with Crippen LogP contribution in [0.1, 0.15) is 47.9 Å². The number of hydrogen-bond donors (Lipinski definition) is 2. The van der Waals surface area contributed by atoms with Crippen LogP contribution in [0.5, 0.6) is 0 Å². The van der Waals surface area contributed by atoms with Gasteiger partial charge in [0.25, 0.3) is 0 Å². The minimum Gasteiger partial charge on any atom is -0.175 e. The number of rotatable bonds is 8. The van der Waals surface area contributed by atoms with Gasteiger partial charge in [0.1, 0.15) is 0 Å². The van der Waals surface area contributed by atoms with Crippen LogP contribution in [0.25, 0.3) is 0 Å². The van der Waals surface area contributed by atoms with Crippen molar-refractivity contribution in [1.82, 2.24) is 0 Å². The first-order chi connectivity index (χ1) is 14.7. The summed E-state index contributed by atoms with van der Waals surface area (Å²) in [6, 6.07) is 18.2. The van der Waals surface area contributed by atoms with Crippen LogP contribution >= 0.6 is 48.8 Å². The molecule has 3 fully saturated rings. The molecule has 5 rings (SSSR count). The van der Waals surface area contributed by atoms with Crippen LogP contribution < -0.4 is 0 Å². The average molecular weight is 473 g/mol. The Labute approximate surface area is 201 Å². The molecule has 6 atom stereocenters. The van der Waals surface area contributed by atoms with E-state index in [9.17, 15) is 0 Å². The van der Waals surface area contributed by atoms with E-state index >= 15 is 0 Å². The molecule has 3 aliphatic carbocycles. The Balaban J connectivity index is 1.18. The van der Waals surface area contributed by atoms with Gasteiger partial charge in [-0.3, -0.25) is 0 Å². The second-order valence-electron chi connectivity index (χ2n) is 9.36. The third-order valence-corrected chi connectivity index (χ3v) is 11.4. The van der Waals surface area contributed by atoms with Crippen molar-refractivity contribution in [2.45, 2.75) is 59.2 Å². The number of fused-ring (bicyclic) bond motifs is 5. The number of thiol groups is 2. The fourth-order valence-corrected chi connectivity index (χ4v) is 9.73. The Morgan fingerprint density at radius 2 is 1.17 bits per heavy atom. The van der Waals surface area contributed by atoms with Crippen LogP contribution in [-0.2, 0) is 23.0 Å². The quantitative estimate of drug-likeness (QED) is 0.381. The maximum Gasteiger partial charge on any atom is 0.0187 e. The van der Waals surface area contributed by atoms with E-state index in [1.807, 2.05) is 0 Å². The molecule has 3 aliphatic rings. The predicted octanol–water partition coefficient (Wildman–Crippen LogP) is 7.52. The fraction of sp³-hybridized carbons (Fsp3) is 0.538. The molecule has 0 aromatic heterocycles. The molecule has 0 heterocycles. The van der Waals surface area contributed by atoms with Crippen LogP contribution in [-0.4, -0.2) is 10.5 Å².